The molecule has 17 heavy (non-hydrogen) atoms. The van der Waals surface area contributed by atoms with E-state index < -0.39 is 11.5 Å². The molecule has 0 radical (unpaired) electrons. The van der Waals surface area contributed by atoms with Crippen LogP contribution in [-0.2, 0) is 0 Å². The largest absolute Gasteiger partial charge is 0.386 e. The van der Waals surface area contributed by atoms with Gasteiger partial charge in [0.1, 0.15) is 0 Å². The van der Waals surface area contributed by atoms with Gasteiger partial charge in [0, 0.05) is 11.1 Å². The van der Waals surface area contributed by atoms with Gasteiger partial charge in [-0.3, -0.25) is 9.59 Å². The van der Waals surface area contributed by atoms with Gasteiger partial charge >= 0.3 is 0 Å². The zero-order valence-electron chi connectivity index (χ0n) is 9.51. The first-order chi connectivity index (χ1) is 7.89. The Bertz CT molecular complexity index is 457. The number of aliphatic hydroxyl groups is 1. The van der Waals surface area contributed by atoms with Crippen LogP contribution in [0.3, 0.4) is 0 Å². The minimum absolute atomic E-state index is 0.146. The van der Waals surface area contributed by atoms with Crippen molar-refractivity contribution in [2.24, 2.45) is 5.73 Å². The number of β-amino-alcohol motifs (C(OH)–C–C–N with tert-alkyl or cyclic N) is 1. The highest BCUT2D eigenvalue weighted by molar-refractivity contribution is 5.97. The lowest BCUT2D eigenvalue weighted by molar-refractivity contribution is -0.0668. The van der Waals surface area contributed by atoms with E-state index in [0.717, 1.165) is 0 Å². The summed E-state index contributed by atoms with van der Waals surface area (Å²) in [6.45, 7) is 2.36. The maximum Gasteiger partial charge on any atom is 0.254 e. The zero-order valence-corrected chi connectivity index (χ0v) is 9.51. The molecule has 5 heteroatoms. The third kappa shape index (κ3) is 2.29. The van der Waals surface area contributed by atoms with Crippen LogP contribution in [0.1, 0.15) is 27.6 Å². The summed E-state index contributed by atoms with van der Waals surface area (Å²) in [6, 6.07) is 6.17. The smallest absolute Gasteiger partial charge is 0.254 e. The minimum atomic E-state index is -0.775. The summed E-state index contributed by atoms with van der Waals surface area (Å²) in [5.41, 5.74) is 5.19. The number of nitrogens with two attached hydrogens (primary N) is 1. The van der Waals surface area contributed by atoms with E-state index in [1.807, 2.05) is 0 Å². The van der Waals surface area contributed by atoms with Crippen molar-refractivity contribution in [2.45, 2.75) is 12.5 Å². The lowest BCUT2D eigenvalue weighted by atomic mass is 9.96. The summed E-state index contributed by atoms with van der Waals surface area (Å²) in [5, 5.41) is 9.54. The van der Waals surface area contributed by atoms with E-state index in [4.69, 9.17) is 5.73 Å². The fourth-order valence-corrected chi connectivity index (χ4v) is 1.88. The summed E-state index contributed by atoms with van der Waals surface area (Å²) in [6.07, 6.45) is 0. The highest BCUT2D eigenvalue weighted by Gasteiger charge is 2.39. The molecule has 1 aliphatic heterocycles. The fraction of sp³-hybridized carbons (Fsp3) is 0.333. The Morgan fingerprint density at radius 1 is 1.24 bits per heavy atom. The van der Waals surface area contributed by atoms with Gasteiger partial charge in [-0.1, -0.05) is 0 Å². The van der Waals surface area contributed by atoms with Crippen LogP contribution in [0.4, 0.5) is 0 Å². The van der Waals surface area contributed by atoms with E-state index in [-0.39, 0.29) is 5.91 Å². The van der Waals surface area contributed by atoms with Gasteiger partial charge in [-0.05, 0) is 31.2 Å². The van der Waals surface area contributed by atoms with Gasteiger partial charge in [0.05, 0.1) is 18.7 Å². The molecule has 0 saturated carbocycles. The maximum absolute atomic E-state index is 11.9. The number of likely N-dealkylation sites (tertiary alicyclic amines) is 1. The molecular weight excluding hydrogens is 220 g/mol. The number of primary amides is 1. The Kier molecular flexibility index (Phi) is 2.63. The Balaban J connectivity index is 2.08. The van der Waals surface area contributed by atoms with Crippen molar-refractivity contribution in [3.05, 3.63) is 35.4 Å². The van der Waals surface area contributed by atoms with E-state index in [1.54, 1.807) is 24.0 Å². The molecule has 3 N–H and O–H groups in total. The second-order valence-corrected chi connectivity index (χ2v) is 4.60. The first kappa shape index (κ1) is 11.6. The first-order valence-corrected chi connectivity index (χ1v) is 5.31. The average Bonchev–Trinajstić information content (AvgIpc) is 2.25. The van der Waals surface area contributed by atoms with Crippen LogP contribution in [0.15, 0.2) is 24.3 Å². The van der Waals surface area contributed by atoms with Crippen LogP contribution in [0, 0.1) is 0 Å². The minimum Gasteiger partial charge on any atom is -0.386 e. The SMILES string of the molecule is CC1(O)CN(C(=O)c2ccc(C(N)=O)cc2)C1. The maximum atomic E-state index is 11.9. The monoisotopic (exact) mass is 234 g/mol. The highest BCUT2D eigenvalue weighted by Crippen LogP contribution is 2.22. The Hall–Kier alpha value is -1.88. The predicted octanol–water partition coefficient (Wildman–Crippen LogP) is -0.00770. The number of benzene rings is 1. The zero-order chi connectivity index (χ0) is 12.6. The summed E-state index contributed by atoms with van der Waals surface area (Å²) in [5.74, 6) is -0.663. The molecule has 2 amide bonds. The van der Waals surface area contributed by atoms with Crippen LogP contribution in [0.5, 0.6) is 0 Å². The van der Waals surface area contributed by atoms with Gasteiger partial charge in [-0.2, -0.15) is 0 Å². The first-order valence-electron chi connectivity index (χ1n) is 5.31. The fourth-order valence-electron chi connectivity index (χ4n) is 1.88. The molecule has 0 spiro atoms. The van der Waals surface area contributed by atoms with Crippen LogP contribution < -0.4 is 5.73 Å². The molecule has 5 nitrogen and oxygen atoms in total. The van der Waals surface area contributed by atoms with Gasteiger partial charge in [0.15, 0.2) is 0 Å². The molecule has 0 aromatic heterocycles. The van der Waals surface area contributed by atoms with Crippen LogP contribution >= 0.6 is 0 Å². The summed E-state index contributed by atoms with van der Waals surface area (Å²) >= 11 is 0. The average molecular weight is 234 g/mol. The molecule has 1 aromatic carbocycles. The molecule has 1 aromatic rings. The molecular formula is C12H14N2O3. The number of carbonyl (C=O) groups excluding carboxylic acids is 2. The van der Waals surface area contributed by atoms with Crippen molar-refractivity contribution in [2.75, 3.05) is 13.1 Å². The molecule has 1 fully saturated rings. The molecule has 1 saturated heterocycles. The van der Waals surface area contributed by atoms with E-state index in [9.17, 15) is 14.7 Å². The normalized spacial score (nSPS) is 17.4. The molecule has 2 rings (SSSR count). The third-order valence-corrected chi connectivity index (χ3v) is 2.77. The number of carbonyl (C=O) groups is 2. The number of amides is 2. The van der Waals surface area contributed by atoms with Crippen molar-refractivity contribution in [1.82, 2.24) is 4.90 Å². The molecule has 0 bridgehead atoms. The highest BCUT2D eigenvalue weighted by atomic mass is 16.3. The van der Waals surface area contributed by atoms with Gasteiger partial charge in [-0.25, -0.2) is 0 Å². The van der Waals surface area contributed by atoms with Gasteiger partial charge in [-0.15, -0.1) is 0 Å². The Morgan fingerprint density at radius 3 is 2.12 bits per heavy atom. The molecule has 0 aliphatic carbocycles. The van der Waals surface area contributed by atoms with E-state index >= 15 is 0 Å². The third-order valence-electron chi connectivity index (χ3n) is 2.77. The number of hydrogen-bond donors (Lipinski definition) is 2. The summed E-state index contributed by atoms with van der Waals surface area (Å²) < 4.78 is 0. The van der Waals surface area contributed by atoms with Crippen LogP contribution in [-0.4, -0.2) is 40.5 Å². The van der Waals surface area contributed by atoms with Gasteiger partial charge in [0.25, 0.3) is 5.91 Å². The molecule has 1 aliphatic rings. The molecule has 1 heterocycles. The molecule has 90 valence electrons. The topological polar surface area (TPSA) is 83.6 Å². The molecule has 0 unspecified atom stereocenters. The number of rotatable bonds is 2. The summed E-state index contributed by atoms with van der Waals surface area (Å²) in [7, 11) is 0. The van der Waals surface area contributed by atoms with Crippen molar-refractivity contribution >= 4 is 11.8 Å². The van der Waals surface area contributed by atoms with Gasteiger partial charge in [0.2, 0.25) is 5.91 Å². The van der Waals surface area contributed by atoms with Crippen molar-refractivity contribution in [3.63, 3.8) is 0 Å². The van der Waals surface area contributed by atoms with Gasteiger partial charge < -0.3 is 15.7 Å². The Morgan fingerprint density at radius 2 is 1.71 bits per heavy atom. The number of nitrogens with zero attached hydrogens (tertiary/aromatic N) is 1. The van der Waals surface area contributed by atoms with Crippen LogP contribution in [0.2, 0.25) is 0 Å². The standard InChI is InChI=1S/C12H14N2O3/c1-12(17)6-14(7-12)11(16)9-4-2-8(3-5-9)10(13)15/h2-5,17H,6-7H2,1H3,(H2,13,15). The second-order valence-electron chi connectivity index (χ2n) is 4.60. The lowest BCUT2D eigenvalue weighted by Crippen LogP contribution is -2.61. The predicted molar refractivity (Wildman–Crippen MR) is 61.5 cm³/mol. The quantitative estimate of drug-likeness (QED) is 0.755. The lowest BCUT2D eigenvalue weighted by Gasteiger charge is -2.44. The van der Waals surface area contributed by atoms with Crippen molar-refractivity contribution in [3.8, 4) is 0 Å². The van der Waals surface area contributed by atoms with E-state index in [0.29, 0.717) is 24.2 Å². The Labute approximate surface area is 98.8 Å². The van der Waals surface area contributed by atoms with E-state index in [2.05, 4.69) is 0 Å². The molecule has 0 atom stereocenters. The van der Waals surface area contributed by atoms with Crippen molar-refractivity contribution in [1.29, 1.82) is 0 Å². The summed E-state index contributed by atoms with van der Waals surface area (Å²) in [4.78, 5) is 24.3. The second kappa shape index (κ2) is 3.85. The van der Waals surface area contributed by atoms with E-state index in [1.165, 1.54) is 12.1 Å². The van der Waals surface area contributed by atoms with Crippen molar-refractivity contribution < 1.29 is 14.7 Å². The van der Waals surface area contributed by atoms with Crippen LogP contribution in [0.25, 0.3) is 0 Å². The number of hydrogen-bond acceptors (Lipinski definition) is 3.